The van der Waals surface area contributed by atoms with Crippen LogP contribution in [0.1, 0.15) is 26.5 Å². The summed E-state index contributed by atoms with van der Waals surface area (Å²) < 4.78 is 7.25. The molecule has 7 heteroatoms. The van der Waals surface area contributed by atoms with Crippen LogP contribution in [-0.2, 0) is 11.2 Å². The van der Waals surface area contributed by atoms with Crippen LogP contribution in [0, 0.1) is 5.92 Å². The summed E-state index contributed by atoms with van der Waals surface area (Å²) in [6.45, 7) is 11.2. The Morgan fingerprint density at radius 1 is 1.30 bits per heavy atom. The summed E-state index contributed by atoms with van der Waals surface area (Å²) in [6, 6.07) is 2.54. The van der Waals surface area contributed by atoms with Crippen LogP contribution in [0.2, 0.25) is 0 Å². The number of aryl methyl sites for hydroxylation is 1. The highest BCUT2D eigenvalue weighted by molar-refractivity contribution is 5.45. The molecule has 1 N–H and O–H groups in total. The van der Waals surface area contributed by atoms with Crippen molar-refractivity contribution >= 4 is 11.6 Å². The predicted molar refractivity (Wildman–Crippen MR) is 89.7 cm³/mol. The van der Waals surface area contributed by atoms with E-state index in [0.717, 1.165) is 50.8 Å². The van der Waals surface area contributed by atoms with Gasteiger partial charge in [0, 0.05) is 37.4 Å². The topological polar surface area (TPSA) is 67.6 Å². The van der Waals surface area contributed by atoms with Crippen molar-refractivity contribution in [3.05, 3.63) is 18.1 Å². The highest BCUT2D eigenvalue weighted by atomic mass is 16.5. The van der Waals surface area contributed by atoms with Crippen LogP contribution in [-0.4, -0.2) is 63.4 Å². The Bertz CT molecular complexity index is 635. The van der Waals surface area contributed by atoms with Crippen LogP contribution in [0.15, 0.2) is 12.4 Å². The zero-order chi connectivity index (χ0) is 16.2. The summed E-state index contributed by atoms with van der Waals surface area (Å²) in [4.78, 5) is 11.2. The lowest BCUT2D eigenvalue weighted by atomic mass is 10.0. The van der Waals surface area contributed by atoms with Gasteiger partial charge in [0.2, 0.25) is 0 Å². The first-order chi connectivity index (χ1) is 11.2. The van der Waals surface area contributed by atoms with Crippen LogP contribution in [0.3, 0.4) is 0 Å². The summed E-state index contributed by atoms with van der Waals surface area (Å²) in [5.41, 5.74) is 1.03. The van der Waals surface area contributed by atoms with E-state index in [9.17, 15) is 0 Å². The van der Waals surface area contributed by atoms with E-state index in [1.807, 2.05) is 0 Å². The number of aromatic nitrogens is 4. The van der Waals surface area contributed by atoms with Crippen molar-refractivity contribution in [2.75, 3.05) is 38.2 Å². The van der Waals surface area contributed by atoms with E-state index in [1.165, 1.54) is 0 Å². The van der Waals surface area contributed by atoms with Crippen molar-refractivity contribution < 1.29 is 4.74 Å². The maximum Gasteiger partial charge on any atom is 0.254 e. The van der Waals surface area contributed by atoms with Gasteiger partial charge >= 0.3 is 0 Å². The number of hydrogen-bond acceptors (Lipinski definition) is 6. The Kier molecular flexibility index (Phi) is 5.07. The molecule has 1 atom stereocenters. The lowest BCUT2D eigenvalue weighted by Crippen LogP contribution is -2.49. The molecule has 2 aromatic rings. The Balaban J connectivity index is 1.76. The summed E-state index contributed by atoms with van der Waals surface area (Å²) in [6.07, 6.45) is 2.43. The minimum absolute atomic E-state index is 0.468. The molecule has 1 aliphatic rings. The molecule has 23 heavy (non-hydrogen) atoms. The Morgan fingerprint density at radius 3 is 2.78 bits per heavy atom. The Morgan fingerprint density at radius 2 is 2.09 bits per heavy atom. The average Bonchev–Trinajstić information content (AvgIpc) is 3.04. The number of morpholine rings is 1. The second-order valence-electron chi connectivity index (χ2n) is 6.30. The third kappa shape index (κ3) is 3.61. The van der Waals surface area contributed by atoms with Crippen LogP contribution in [0.4, 0.5) is 5.82 Å². The molecule has 0 spiro atoms. The fraction of sp³-hybridized carbons (Fsp3) is 0.688. The Hall–Kier alpha value is -1.73. The fourth-order valence-electron chi connectivity index (χ4n) is 3.07. The van der Waals surface area contributed by atoms with Crippen LogP contribution < -0.4 is 5.32 Å². The van der Waals surface area contributed by atoms with Gasteiger partial charge in [-0.15, -0.1) is 0 Å². The second kappa shape index (κ2) is 7.23. The molecule has 0 aromatic carbocycles. The molecule has 0 unspecified atom stereocenters. The molecule has 0 bridgehead atoms. The average molecular weight is 318 g/mol. The first kappa shape index (κ1) is 16.1. The zero-order valence-corrected chi connectivity index (χ0v) is 14.2. The first-order valence-electron chi connectivity index (χ1n) is 8.44. The Labute approximate surface area is 137 Å². The molecule has 126 valence electrons. The van der Waals surface area contributed by atoms with Crippen LogP contribution >= 0.6 is 0 Å². The van der Waals surface area contributed by atoms with Crippen molar-refractivity contribution in [2.24, 2.45) is 5.92 Å². The molecule has 0 aliphatic carbocycles. The minimum Gasteiger partial charge on any atom is -0.379 e. The molecular weight excluding hydrogens is 292 g/mol. The molecular formula is C16H26N6O. The lowest BCUT2D eigenvalue weighted by molar-refractivity contribution is 0.00952. The molecule has 3 rings (SSSR count). The highest BCUT2D eigenvalue weighted by Gasteiger charge is 2.24. The number of nitrogens with zero attached hydrogens (tertiary/aromatic N) is 5. The maximum absolute atomic E-state index is 5.48. The molecule has 0 radical (unpaired) electrons. The normalized spacial score (nSPS) is 17.7. The molecule has 1 aliphatic heterocycles. The molecule has 1 saturated heterocycles. The zero-order valence-electron chi connectivity index (χ0n) is 14.2. The monoisotopic (exact) mass is 318 g/mol. The SMILES string of the molecule is CCc1cc(NC[C@H](C(C)C)N2CCOCC2)n2ncnc2n1. The summed E-state index contributed by atoms with van der Waals surface area (Å²) >= 11 is 0. The van der Waals surface area contributed by atoms with Gasteiger partial charge in [-0.1, -0.05) is 20.8 Å². The van der Waals surface area contributed by atoms with Crippen molar-refractivity contribution in [1.82, 2.24) is 24.5 Å². The molecule has 1 fully saturated rings. The van der Waals surface area contributed by atoms with E-state index in [1.54, 1.807) is 10.8 Å². The molecule has 3 heterocycles. The van der Waals surface area contributed by atoms with Gasteiger partial charge in [0.05, 0.1) is 13.2 Å². The van der Waals surface area contributed by atoms with Gasteiger partial charge in [-0.25, -0.2) is 4.98 Å². The summed E-state index contributed by atoms with van der Waals surface area (Å²) in [7, 11) is 0. The van der Waals surface area contributed by atoms with Gasteiger partial charge in [-0.3, -0.25) is 4.90 Å². The molecule has 2 aromatic heterocycles. The van der Waals surface area contributed by atoms with Crippen molar-refractivity contribution in [3.63, 3.8) is 0 Å². The number of nitrogens with one attached hydrogen (secondary N) is 1. The maximum atomic E-state index is 5.48. The lowest BCUT2D eigenvalue weighted by Gasteiger charge is -2.37. The van der Waals surface area contributed by atoms with E-state index in [-0.39, 0.29) is 0 Å². The van der Waals surface area contributed by atoms with Crippen LogP contribution in [0.25, 0.3) is 5.78 Å². The van der Waals surface area contributed by atoms with Gasteiger partial charge in [-0.05, 0) is 12.3 Å². The van der Waals surface area contributed by atoms with E-state index in [2.05, 4.69) is 52.1 Å². The molecule has 0 amide bonds. The number of ether oxygens (including phenoxy) is 1. The van der Waals surface area contributed by atoms with E-state index < -0.39 is 0 Å². The molecule has 0 saturated carbocycles. The third-order valence-corrected chi connectivity index (χ3v) is 4.44. The first-order valence-corrected chi connectivity index (χ1v) is 8.44. The number of rotatable bonds is 6. The van der Waals surface area contributed by atoms with Crippen LogP contribution in [0.5, 0.6) is 0 Å². The largest absolute Gasteiger partial charge is 0.379 e. The van der Waals surface area contributed by atoms with Gasteiger partial charge in [0.25, 0.3) is 5.78 Å². The van der Waals surface area contributed by atoms with Gasteiger partial charge < -0.3 is 10.1 Å². The standard InChI is InChI=1S/C16H26N6O/c1-4-13-9-15(22-16(20-13)18-11-19-22)17-10-14(12(2)3)21-5-7-23-8-6-21/h9,11-12,14,17H,4-8,10H2,1-3H3/t14-/m1/s1. The highest BCUT2D eigenvalue weighted by Crippen LogP contribution is 2.16. The number of fused-ring (bicyclic) bond motifs is 1. The quantitative estimate of drug-likeness (QED) is 0.869. The van der Waals surface area contributed by atoms with Gasteiger partial charge in [0.1, 0.15) is 12.1 Å². The summed E-state index contributed by atoms with van der Waals surface area (Å²) in [5, 5.41) is 7.84. The number of hydrogen-bond donors (Lipinski definition) is 1. The van der Waals surface area contributed by atoms with Crippen molar-refractivity contribution in [3.8, 4) is 0 Å². The van der Waals surface area contributed by atoms with E-state index in [4.69, 9.17) is 4.74 Å². The summed E-state index contributed by atoms with van der Waals surface area (Å²) in [5.74, 6) is 2.18. The number of anilines is 1. The minimum atomic E-state index is 0.468. The smallest absolute Gasteiger partial charge is 0.254 e. The molecule has 7 nitrogen and oxygen atoms in total. The van der Waals surface area contributed by atoms with E-state index >= 15 is 0 Å². The third-order valence-electron chi connectivity index (χ3n) is 4.44. The predicted octanol–water partition coefficient (Wildman–Crippen LogP) is 1.46. The van der Waals surface area contributed by atoms with Gasteiger partial charge in [-0.2, -0.15) is 14.6 Å². The van der Waals surface area contributed by atoms with Gasteiger partial charge in [0.15, 0.2) is 0 Å². The van der Waals surface area contributed by atoms with E-state index in [0.29, 0.717) is 17.7 Å². The fourth-order valence-corrected chi connectivity index (χ4v) is 3.07. The van der Waals surface area contributed by atoms with Crippen molar-refractivity contribution in [1.29, 1.82) is 0 Å². The van der Waals surface area contributed by atoms with Crippen molar-refractivity contribution in [2.45, 2.75) is 33.2 Å². The second-order valence-corrected chi connectivity index (χ2v) is 6.30.